The summed E-state index contributed by atoms with van der Waals surface area (Å²) in [5.41, 5.74) is 1.66. The molecule has 2 heterocycles. The fraction of sp³-hybridized carbons (Fsp3) is 0.471. The third-order valence-corrected chi connectivity index (χ3v) is 4.46. The highest BCUT2D eigenvalue weighted by atomic mass is 16.2. The molecular formula is C17H22N4O3. The predicted molar refractivity (Wildman–Crippen MR) is 90.7 cm³/mol. The number of nitrogens with zero attached hydrogens (tertiary/aromatic N) is 3. The first kappa shape index (κ1) is 16.3. The molecule has 24 heavy (non-hydrogen) atoms. The lowest BCUT2D eigenvalue weighted by Crippen LogP contribution is -2.35. The summed E-state index contributed by atoms with van der Waals surface area (Å²) < 4.78 is 3.38. The maximum absolute atomic E-state index is 12.6. The molecule has 1 aliphatic heterocycles. The number of benzene rings is 1. The van der Waals surface area contributed by atoms with Gasteiger partial charge in [-0.1, -0.05) is 12.1 Å². The van der Waals surface area contributed by atoms with Gasteiger partial charge < -0.3 is 10.2 Å². The van der Waals surface area contributed by atoms with Gasteiger partial charge in [-0.15, -0.1) is 0 Å². The summed E-state index contributed by atoms with van der Waals surface area (Å²) in [6.07, 6.45) is 0.590. The Morgan fingerprint density at radius 1 is 1.12 bits per heavy atom. The van der Waals surface area contributed by atoms with Crippen LogP contribution in [-0.4, -0.2) is 45.5 Å². The molecule has 3 rings (SSSR count). The average Bonchev–Trinajstić information content (AvgIpc) is 2.71. The molecule has 0 unspecified atom stereocenters. The molecule has 7 heteroatoms. The zero-order chi connectivity index (χ0) is 17.1. The average molecular weight is 330 g/mol. The Bertz CT molecular complexity index is 821. The minimum atomic E-state index is -0.0841. The molecule has 1 fully saturated rings. The Morgan fingerprint density at radius 2 is 1.83 bits per heavy atom. The summed E-state index contributed by atoms with van der Waals surface area (Å²) in [5.74, 6) is -0.0423. The van der Waals surface area contributed by atoms with Crippen molar-refractivity contribution in [1.82, 2.24) is 19.4 Å². The molecule has 1 aromatic heterocycles. The van der Waals surface area contributed by atoms with Gasteiger partial charge in [-0.2, -0.15) is 0 Å². The molecule has 0 saturated carbocycles. The summed E-state index contributed by atoms with van der Waals surface area (Å²) in [6, 6.07) is 7.63. The molecule has 0 radical (unpaired) electrons. The molecule has 1 aromatic carbocycles. The zero-order valence-corrected chi connectivity index (χ0v) is 13.8. The summed E-state index contributed by atoms with van der Waals surface area (Å²) in [5, 5.41) is 2.76. The van der Waals surface area contributed by atoms with Crippen molar-refractivity contribution in [3.05, 3.63) is 34.7 Å². The minimum absolute atomic E-state index is 0.0208. The Kier molecular flexibility index (Phi) is 4.69. The molecule has 1 N–H and O–H groups in total. The monoisotopic (exact) mass is 330 g/mol. The largest absolute Gasteiger partial charge is 0.354 e. The molecule has 7 nitrogen and oxygen atoms in total. The van der Waals surface area contributed by atoms with Gasteiger partial charge in [0.25, 0.3) is 0 Å². The lowest BCUT2D eigenvalue weighted by molar-refractivity contribution is -0.131. The molecular weight excluding hydrogens is 308 g/mol. The van der Waals surface area contributed by atoms with Crippen LogP contribution in [-0.2, 0) is 22.7 Å². The van der Waals surface area contributed by atoms with E-state index in [4.69, 9.17) is 0 Å². The summed E-state index contributed by atoms with van der Waals surface area (Å²) in [6.45, 7) is 4.33. The number of imidazole rings is 1. The Balaban J connectivity index is 1.76. The van der Waals surface area contributed by atoms with Gasteiger partial charge in [0.05, 0.1) is 11.0 Å². The summed E-state index contributed by atoms with van der Waals surface area (Å²) in [7, 11) is 0. The number of hydrogen-bond acceptors (Lipinski definition) is 3. The third kappa shape index (κ3) is 3.06. The van der Waals surface area contributed by atoms with Crippen molar-refractivity contribution in [2.24, 2.45) is 0 Å². The maximum atomic E-state index is 12.6. The molecule has 128 valence electrons. The van der Waals surface area contributed by atoms with E-state index in [2.05, 4.69) is 5.32 Å². The number of carbonyl (C=O) groups excluding carboxylic acids is 2. The van der Waals surface area contributed by atoms with E-state index < -0.39 is 0 Å². The third-order valence-electron chi connectivity index (χ3n) is 4.46. The highest BCUT2D eigenvalue weighted by Crippen LogP contribution is 2.13. The maximum Gasteiger partial charge on any atom is 0.329 e. The molecule has 1 aliphatic rings. The van der Waals surface area contributed by atoms with Crippen molar-refractivity contribution in [2.75, 3.05) is 19.6 Å². The number of nitrogens with one attached hydrogen (secondary N) is 1. The molecule has 2 aromatic rings. The molecule has 0 atom stereocenters. The Labute approximate surface area is 139 Å². The normalized spacial score (nSPS) is 15.4. The van der Waals surface area contributed by atoms with Crippen LogP contribution in [0.2, 0.25) is 0 Å². The van der Waals surface area contributed by atoms with Crippen LogP contribution in [0.25, 0.3) is 11.0 Å². The van der Waals surface area contributed by atoms with Gasteiger partial charge in [0.1, 0.15) is 0 Å². The van der Waals surface area contributed by atoms with Crippen molar-refractivity contribution in [3.8, 4) is 0 Å². The summed E-state index contributed by atoms with van der Waals surface area (Å²) in [4.78, 5) is 38.0. The van der Waals surface area contributed by atoms with Gasteiger partial charge in [-0.3, -0.25) is 18.7 Å². The standard InChI is InChI=1S/C17H22N4O3/c1-2-20-13-5-3-4-6-14(13)21(17(20)24)11-8-16(23)19-10-7-15(22)18-9-12-19/h3-6H,2,7-12H2,1H3,(H,18,22). The van der Waals surface area contributed by atoms with Crippen LogP contribution in [0.5, 0.6) is 0 Å². The van der Waals surface area contributed by atoms with Crippen molar-refractivity contribution >= 4 is 22.8 Å². The first-order valence-corrected chi connectivity index (χ1v) is 8.34. The van der Waals surface area contributed by atoms with E-state index in [1.54, 1.807) is 14.0 Å². The number of rotatable bonds is 4. The molecule has 2 amide bonds. The van der Waals surface area contributed by atoms with E-state index in [-0.39, 0.29) is 23.9 Å². The highest BCUT2D eigenvalue weighted by Gasteiger charge is 2.19. The van der Waals surface area contributed by atoms with Crippen LogP contribution < -0.4 is 11.0 Å². The van der Waals surface area contributed by atoms with Gasteiger partial charge in [0.15, 0.2) is 0 Å². The van der Waals surface area contributed by atoms with Crippen LogP contribution in [0.15, 0.2) is 29.1 Å². The number of fused-ring (bicyclic) bond motifs is 1. The van der Waals surface area contributed by atoms with Crippen molar-refractivity contribution in [3.63, 3.8) is 0 Å². The quantitative estimate of drug-likeness (QED) is 0.890. The van der Waals surface area contributed by atoms with Crippen molar-refractivity contribution in [2.45, 2.75) is 32.9 Å². The van der Waals surface area contributed by atoms with Gasteiger partial charge >= 0.3 is 5.69 Å². The number of amides is 2. The van der Waals surface area contributed by atoms with Crippen LogP contribution >= 0.6 is 0 Å². The predicted octanol–water partition coefficient (Wildman–Crippen LogP) is 0.561. The molecule has 0 bridgehead atoms. The van der Waals surface area contributed by atoms with Gasteiger partial charge in [0, 0.05) is 45.6 Å². The number of aryl methyl sites for hydroxylation is 2. The molecule has 0 spiro atoms. The van der Waals surface area contributed by atoms with E-state index in [1.165, 1.54) is 0 Å². The van der Waals surface area contributed by atoms with Crippen LogP contribution in [0.1, 0.15) is 19.8 Å². The van der Waals surface area contributed by atoms with Crippen LogP contribution in [0.3, 0.4) is 0 Å². The van der Waals surface area contributed by atoms with Crippen LogP contribution in [0.4, 0.5) is 0 Å². The molecule has 1 saturated heterocycles. The second kappa shape index (κ2) is 6.90. The smallest absolute Gasteiger partial charge is 0.329 e. The Morgan fingerprint density at radius 3 is 2.54 bits per heavy atom. The molecule has 0 aliphatic carbocycles. The van der Waals surface area contributed by atoms with E-state index in [0.29, 0.717) is 39.1 Å². The Hall–Kier alpha value is -2.57. The first-order chi connectivity index (χ1) is 11.6. The number of carbonyl (C=O) groups is 2. The lowest BCUT2D eigenvalue weighted by Gasteiger charge is -2.19. The van der Waals surface area contributed by atoms with E-state index in [1.807, 2.05) is 31.2 Å². The topological polar surface area (TPSA) is 76.3 Å². The SMILES string of the molecule is CCn1c(=O)n(CCC(=O)N2CCNC(=O)CC2)c2ccccc21. The van der Waals surface area contributed by atoms with Crippen LogP contribution in [0, 0.1) is 0 Å². The van der Waals surface area contributed by atoms with E-state index in [9.17, 15) is 14.4 Å². The highest BCUT2D eigenvalue weighted by molar-refractivity contribution is 5.80. The van der Waals surface area contributed by atoms with Gasteiger partial charge in [-0.25, -0.2) is 4.79 Å². The van der Waals surface area contributed by atoms with Crippen molar-refractivity contribution in [1.29, 1.82) is 0 Å². The van der Waals surface area contributed by atoms with Gasteiger partial charge in [-0.05, 0) is 19.1 Å². The number of para-hydroxylation sites is 2. The number of hydrogen-bond donors (Lipinski definition) is 1. The summed E-state index contributed by atoms with van der Waals surface area (Å²) >= 11 is 0. The lowest BCUT2D eigenvalue weighted by atomic mass is 10.3. The minimum Gasteiger partial charge on any atom is -0.354 e. The second-order valence-electron chi connectivity index (χ2n) is 5.90. The van der Waals surface area contributed by atoms with Crippen molar-refractivity contribution < 1.29 is 9.59 Å². The fourth-order valence-electron chi connectivity index (χ4n) is 3.18. The fourth-order valence-corrected chi connectivity index (χ4v) is 3.18. The van der Waals surface area contributed by atoms with E-state index in [0.717, 1.165) is 11.0 Å². The second-order valence-corrected chi connectivity index (χ2v) is 5.90. The van der Waals surface area contributed by atoms with Gasteiger partial charge in [0.2, 0.25) is 11.8 Å². The zero-order valence-electron chi connectivity index (χ0n) is 13.8. The first-order valence-electron chi connectivity index (χ1n) is 8.34. The number of aromatic nitrogens is 2. The van der Waals surface area contributed by atoms with E-state index >= 15 is 0 Å².